The summed E-state index contributed by atoms with van der Waals surface area (Å²) in [7, 11) is 2.12. The van der Waals surface area contributed by atoms with Crippen molar-refractivity contribution in [2.24, 2.45) is 5.92 Å². The van der Waals surface area contributed by atoms with Crippen molar-refractivity contribution < 1.29 is 44.3 Å². The lowest BCUT2D eigenvalue weighted by Crippen LogP contribution is -2.53. The first-order valence-corrected chi connectivity index (χ1v) is 10.9. The monoisotopic (exact) mass is 493 g/mol. The minimum Gasteiger partial charge on any atom is -0.481 e. The fourth-order valence-corrected chi connectivity index (χ4v) is 4.58. The van der Waals surface area contributed by atoms with Gasteiger partial charge in [-0.25, -0.2) is 14.4 Å². The number of rotatable bonds is 6. The number of fused-ring (bicyclic) bond motifs is 4. The standard InChI is InChI=1S/C16H19N3O3.C6H8O7/c1-18-9-10-6-7-11(18)8-14(10)22-16(21)19-13-5-3-2-4-12(13)17-15(19)20;7-3(8)1-6(13,5(11)12)2-4(9)10/h2-5,10-11,14H,6-9H2,1H3,(H,17,20);13H,1-2H2,(H,7,8)(H,9,10)(H,11,12). The molecule has 190 valence electrons. The lowest BCUT2D eigenvalue weighted by molar-refractivity contribution is -0.170. The average molecular weight is 493 g/mol. The zero-order chi connectivity index (χ0) is 25.9. The molecular formula is C22H27N3O10. The maximum Gasteiger partial charge on any atom is 0.423 e. The van der Waals surface area contributed by atoms with Crippen LogP contribution in [0.25, 0.3) is 11.0 Å². The zero-order valence-corrected chi connectivity index (χ0v) is 18.9. The van der Waals surface area contributed by atoms with Crippen LogP contribution in [0.5, 0.6) is 0 Å². The maximum absolute atomic E-state index is 12.5. The first-order chi connectivity index (χ1) is 16.4. The number of ether oxygens (including phenoxy) is 1. The summed E-state index contributed by atoms with van der Waals surface area (Å²) in [5, 5.41) is 33.8. The van der Waals surface area contributed by atoms with Gasteiger partial charge >= 0.3 is 29.7 Å². The van der Waals surface area contributed by atoms with E-state index in [1.54, 1.807) is 18.2 Å². The first-order valence-electron chi connectivity index (χ1n) is 10.9. The van der Waals surface area contributed by atoms with E-state index in [4.69, 9.17) is 25.2 Å². The van der Waals surface area contributed by atoms with E-state index in [9.17, 15) is 24.0 Å². The molecule has 1 aromatic heterocycles. The Labute approximate surface area is 198 Å². The molecule has 0 amide bonds. The average Bonchev–Trinajstić information content (AvgIpc) is 3.09. The quantitative estimate of drug-likeness (QED) is 0.376. The molecule has 3 heterocycles. The molecule has 1 aliphatic carbocycles. The number of carboxylic acid groups (broad SMARTS) is 3. The summed E-state index contributed by atoms with van der Waals surface area (Å²) in [6.45, 7) is 0.964. The Bertz CT molecular complexity index is 1170. The van der Waals surface area contributed by atoms with E-state index in [2.05, 4.69) is 16.9 Å². The molecule has 35 heavy (non-hydrogen) atoms. The molecule has 3 fully saturated rings. The van der Waals surface area contributed by atoms with E-state index >= 15 is 0 Å². The number of hydrogen-bond acceptors (Lipinski definition) is 8. The van der Waals surface area contributed by atoms with Crippen molar-refractivity contribution in [1.29, 1.82) is 0 Å². The van der Waals surface area contributed by atoms with Gasteiger partial charge in [0.2, 0.25) is 0 Å². The van der Waals surface area contributed by atoms with E-state index in [1.165, 1.54) is 6.42 Å². The predicted molar refractivity (Wildman–Crippen MR) is 119 cm³/mol. The van der Waals surface area contributed by atoms with Crippen molar-refractivity contribution in [2.75, 3.05) is 13.6 Å². The topological polar surface area (TPSA) is 199 Å². The van der Waals surface area contributed by atoms with Gasteiger partial charge in [0.05, 0.1) is 23.9 Å². The van der Waals surface area contributed by atoms with Gasteiger partial charge in [0, 0.05) is 24.9 Å². The second-order valence-electron chi connectivity index (χ2n) is 8.85. The van der Waals surface area contributed by atoms with Crippen LogP contribution in [0, 0.1) is 5.92 Å². The number of imidazole rings is 1. The van der Waals surface area contributed by atoms with Crippen molar-refractivity contribution in [1.82, 2.24) is 14.5 Å². The number of nitrogens with zero attached hydrogens (tertiary/aromatic N) is 2. The van der Waals surface area contributed by atoms with E-state index in [0.29, 0.717) is 23.0 Å². The predicted octanol–water partition coefficient (Wildman–Crippen LogP) is 0.549. The smallest absolute Gasteiger partial charge is 0.423 e. The van der Waals surface area contributed by atoms with Gasteiger partial charge in [-0.2, -0.15) is 4.57 Å². The summed E-state index contributed by atoms with van der Waals surface area (Å²) < 4.78 is 6.78. The number of aliphatic hydroxyl groups is 1. The molecule has 1 saturated carbocycles. The summed E-state index contributed by atoms with van der Waals surface area (Å²) >= 11 is 0. The second kappa shape index (κ2) is 10.3. The molecule has 2 aromatic rings. The van der Waals surface area contributed by atoms with Gasteiger partial charge in [0.25, 0.3) is 0 Å². The molecule has 5 N–H and O–H groups in total. The van der Waals surface area contributed by atoms with Crippen LogP contribution in [-0.4, -0.2) is 90.2 Å². The highest BCUT2D eigenvalue weighted by Crippen LogP contribution is 2.36. The number of hydrogen-bond donors (Lipinski definition) is 5. The van der Waals surface area contributed by atoms with Crippen molar-refractivity contribution in [2.45, 2.75) is 49.9 Å². The van der Waals surface area contributed by atoms with Crippen molar-refractivity contribution in [3.63, 3.8) is 0 Å². The van der Waals surface area contributed by atoms with Crippen LogP contribution < -0.4 is 5.69 Å². The lowest BCUT2D eigenvalue weighted by atomic mass is 9.78. The van der Waals surface area contributed by atoms with Gasteiger partial charge in [-0.1, -0.05) is 12.1 Å². The summed E-state index contributed by atoms with van der Waals surface area (Å²) in [5.74, 6) is -4.64. The fraction of sp³-hybridized carbons (Fsp3) is 0.500. The molecule has 0 radical (unpaired) electrons. The number of aromatic amines is 1. The molecule has 2 aliphatic heterocycles. The number of nitrogens with one attached hydrogen (secondary N) is 1. The van der Waals surface area contributed by atoms with E-state index < -0.39 is 48.1 Å². The molecule has 2 saturated heterocycles. The number of aliphatic carboxylic acids is 3. The Morgan fingerprint density at radius 3 is 2.23 bits per heavy atom. The molecule has 0 spiro atoms. The van der Waals surface area contributed by atoms with E-state index in [-0.39, 0.29) is 6.10 Å². The Balaban J connectivity index is 0.000000228. The molecule has 5 rings (SSSR count). The summed E-state index contributed by atoms with van der Waals surface area (Å²) in [5.41, 5.74) is -1.97. The third-order valence-corrected chi connectivity index (χ3v) is 6.36. The van der Waals surface area contributed by atoms with Crippen LogP contribution in [0.3, 0.4) is 0 Å². The summed E-state index contributed by atoms with van der Waals surface area (Å²) in [6.07, 6.45) is 0.191. The van der Waals surface area contributed by atoms with Crippen LogP contribution >= 0.6 is 0 Å². The Hall–Kier alpha value is -3.71. The Kier molecular flexibility index (Phi) is 7.60. The number of benzene rings is 1. The molecular weight excluding hydrogens is 466 g/mol. The minimum absolute atomic E-state index is 0.0805. The van der Waals surface area contributed by atoms with Crippen LogP contribution in [0.4, 0.5) is 4.79 Å². The molecule has 13 nitrogen and oxygen atoms in total. The molecule has 13 heteroatoms. The number of piperidine rings is 2. The second-order valence-corrected chi connectivity index (χ2v) is 8.85. The summed E-state index contributed by atoms with van der Waals surface area (Å²) in [4.78, 5) is 60.0. The molecule has 3 unspecified atom stereocenters. The number of carboxylic acids is 3. The van der Waals surface area contributed by atoms with E-state index in [0.717, 1.165) is 24.0 Å². The van der Waals surface area contributed by atoms with Crippen molar-refractivity contribution in [3.05, 3.63) is 34.7 Å². The number of carbonyl (C=O) groups excluding carboxylic acids is 1. The van der Waals surface area contributed by atoms with Crippen LogP contribution in [0.1, 0.15) is 32.1 Å². The van der Waals surface area contributed by atoms with Gasteiger partial charge in [0.1, 0.15) is 6.10 Å². The van der Waals surface area contributed by atoms with Gasteiger partial charge in [0.15, 0.2) is 5.60 Å². The Morgan fingerprint density at radius 1 is 1.09 bits per heavy atom. The molecule has 3 atom stereocenters. The number of para-hydroxylation sites is 2. The first kappa shape index (κ1) is 25.9. The summed E-state index contributed by atoms with van der Waals surface area (Å²) in [6, 6.07) is 7.64. The highest BCUT2D eigenvalue weighted by atomic mass is 16.6. The maximum atomic E-state index is 12.5. The van der Waals surface area contributed by atoms with Crippen molar-refractivity contribution in [3.8, 4) is 0 Å². The number of aromatic nitrogens is 2. The third kappa shape index (κ3) is 5.87. The lowest BCUT2D eigenvalue weighted by Gasteiger charge is -2.47. The van der Waals surface area contributed by atoms with Gasteiger partial charge < -0.3 is 35.0 Å². The fourth-order valence-electron chi connectivity index (χ4n) is 4.58. The molecule has 2 bridgehead atoms. The van der Waals surface area contributed by atoms with Crippen LogP contribution in [-0.2, 0) is 19.1 Å². The van der Waals surface area contributed by atoms with Gasteiger partial charge in [-0.05, 0) is 32.0 Å². The minimum atomic E-state index is -2.74. The molecule has 1 aromatic carbocycles. The normalized spacial score (nSPS) is 21.7. The highest BCUT2D eigenvalue weighted by molar-refractivity contribution is 5.88. The SMILES string of the molecule is CN1CC2CCC1CC2OC(=O)n1c(=O)[nH]c2ccccc21.O=C(O)CC(O)(CC(=O)O)C(=O)O. The van der Waals surface area contributed by atoms with Crippen molar-refractivity contribution >= 4 is 35.0 Å². The van der Waals surface area contributed by atoms with Crippen LogP contribution in [0.15, 0.2) is 29.1 Å². The largest absolute Gasteiger partial charge is 0.481 e. The Morgan fingerprint density at radius 2 is 1.71 bits per heavy atom. The van der Waals surface area contributed by atoms with Crippen LogP contribution in [0.2, 0.25) is 0 Å². The van der Waals surface area contributed by atoms with E-state index in [1.807, 2.05) is 6.07 Å². The number of H-pyrrole nitrogens is 1. The highest BCUT2D eigenvalue weighted by Gasteiger charge is 2.42. The van der Waals surface area contributed by atoms with Gasteiger partial charge in [-0.3, -0.25) is 9.59 Å². The number of carbonyl (C=O) groups is 4. The third-order valence-electron chi connectivity index (χ3n) is 6.36. The molecule has 3 aliphatic rings. The van der Waals surface area contributed by atoms with Gasteiger partial charge in [-0.15, -0.1) is 0 Å². The zero-order valence-electron chi connectivity index (χ0n) is 18.9.